The van der Waals surface area contributed by atoms with Gasteiger partial charge in [-0.25, -0.2) is 0 Å². The summed E-state index contributed by atoms with van der Waals surface area (Å²) in [4.78, 5) is 13.8. The second kappa shape index (κ2) is 4.31. The third kappa shape index (κ3) is 2.04. The topological polar surface area (TPSA) is 33.5 Å². The Labute approximate surface area is 93.8 Å². The fourth-order valence-electron chi connectivity index (χ4n) is 1.69. The lowest BCUT2D eigenvalue weighted by molar-refractivity contribution is -0.134. The highest BCUT2D eigenvalue weighted by molar-refractivity contribution is 7.99. The Morgan fingerprint density at radius 3 is 3.07 bits per heavy atom. The predicted molar refractivity (Wildman–Crippen MR) is 60.5 cm³/mol. The summed E-state index contributed by atoms with van der Waals surface area (Å²) in [7, 11) is 0. The van der Waals surface area contributed by atoms with Crippen molar-refractivity contribution >= 4 is 17.7 Å². The number of nitrogens with zero attached hydrogens (tertiary/aromatic N) is 1. The second-order valence-corrected chi connectivity index (χ2v) is 5.11. The van der Waals surface area contributed by atoms with Crippen molar-refractivity contribution in [3.63, 3.8) is 0 Å². The van der Waals surface area contributed by atoms with E-state index in [0.29, 0.717) is 0 Å². The number of hydrogen-bond donors (Lipinski definition) is 0. The average Bonchev–Trinajstić information content (AvgIpc) is 2.86. The van der Waals surface area contributed by atoms with Gasteiger partial charge in [0, 0.05) is 18.2 Å². The van der Waals surface area contributed by atoms with Gasteiger partial charge in [-0.3, -0.25) is 4.79 Å². The number of furan rings is 1. The van der Waals surface area contributed by atoms with Crippen LogP contribution in [0.25, 0.3) is 0 Å². The van der Waals surface area contributed by atoms with Crippen LogP contribution in [0, 0.1) is 5.92 Å². The molecule has 1 unspecified atom stereocenters. The van der Waals surface area contributed by atoms with Crippen molar-refractivity contribution in [2.75, 3.05) is 12.3 Å². The molecule has 0 aliphatic carbocycles. The van der Waals surface area contributed by atoms with Crippen LogP contribution in [0.3, 0.4) is 0 Å². The summed E-state index contributed by atoms with van der Waals surface area (Å²) < 4.78 is 5.36. The fourth-order valence-corrected chi connectivity index (χ4v) is 2.91. The van der Waals surface area contributed by atoms with Crippen molar-refractivity contribution in [1.29, 1.82) is 0 Å². The summed E-state index contributed by atoms with van der Waals surface area (Å²) in [6, 6.07) is 3.80. The highest BCUT2D eigenvalue weighted by Gasteiger charge is 2.33. The van der Waals surface area contributed by atoms with Crippen molar-refractivity contribution in [2.24, 2.45) is 5.92 Å². The van der Waals surface area contributed by atoms with E-state index in [9.17, 15) is 4.79 Å². The Kier molecular flexibility index (Phi) is 3.05. The van der Waals surface area contributed by atoms with Crippen LogP contribution in [0.5, 0.6) is 0 Å². The van der Waals surface area contributed by atoms with Crippen LogP contribution >= 0.6 is 11.8 Å². The SMILES string of the molecule is CC(C)C(=O)N1CCSC1c1ccco1. The first-order valence-electron chi connectivity index (χ1n) is 5.15. The van der Waals surface area contributed by atoms with Crippen LogP contribution in [-0.2, 0) is 4.79 Å². The van der Waals surface area contributed by atoms with E-state index in [-0.39, 0.29) is 17.2 Å². The molecule has 1 fully saturated rings. The van der Waals surface area contributed by atoms with Crippen LogP contribution in [-0.4, -0.2) is 23.1 Å². The van der Waals surface area contributed by atoms with E-state index in [1.165, 1.54) is 0 Å². The monoisotopic (exact) mass is 225 g/mol. The number of rotatable bonds is 2. The lowest BCUT2D eigenvalue weighted by Crippen LogP contribution is -2.33. The molecule has 82 valence electrons. The molecule has 1 atom stereocenters. The van der Waals surface area contributed by atoms with Gasteiger partial charge in [0.05, 0.1) is 6.26 Å². The largest absolute Gasteiger partial charge is 0.466 e. The Morgan fingerprint density at radius 1 is 1.67 bits per heavy atom. The number of hydrogen-bond acceptors (Lipinski definition) is 3. The van der Waals surface area contributed by atoms with Gasteiger partial charge in [-0.1, -0.05) is 13.8 Å². The normalized spacial score (nSPS) is 21.3. The van der Waals surface area contributed by atoms with Crippen LogP contribution in [0.2, 0.25) is 0 Å². The first kappa shape index (κ1) is 10.6. The van der Waals surface area contributed by atoms with Crippen molar-refractivity contribution in [3.05, 3.63) is 24.2 Å². The smallest absolute Gasteiger partial charge is 0.226 e. The third-order valence-electron chi connectivity index (χ3n) is 2.45. The summed E-state index contributed by atoms with van der Waals surface area (Å²) >= 11 is 1.77. The van der Waals surface area contributed by atoms with Crippen molar-refractivity contribution in [2.45, 2.75) is 19.2 Å². The van der Waals surface area contributed by atoms with E-state index < -0.39 is 0 Å². The highest BCUT2D eigenvalue weighted by atomic mass is 32.2. The molecule has 0 bridgehead atoms. The van der Waals surface area contributed by atoms with Gasteiger partial charge in [0.1, 0.15) is 11.1 Å². The molecule has 1 amide bonds. The van der Waals surface area contributed by atoms with E-state index in [1.54, 1.807) is 18.0 Å². The number of carbonyl (C=O) groups is 1. The molecule has 1 aromatic heterocycles. The third-order valence-corrected chi connectivity index (χ3v) is 3.68. The zero-order chi connectivity index (χ0) is 10.8. The summed E-state index contributed by atoms with van der Waals surface area (Å²) in [5.74, 6) is 2.14. The Bertz CT molecular complexity index is 334. The quantitative estimate of drug-likeness (QED) is 0.775. The molecule has 2 rings (SSSR count). The van der Waals surface area contributed by atoms with Gasteiger partial charge in [0.2, 0.25) is 5.91 Å². The molecule has 0 spiro atoms. The highest BCUT2D eigenvalue weighted by Crippen LogP contribution is 2.38. The number of amides is 1. The van der Waals surface area contributed by atoms with Gasteiger partial charge >= 0.3 is 0 Å². The lowest BCUT2D eigenvalue weighted by atomic mass is 10.2. The Morgan fingerprint density at radius 2 is 2.47 bits per heavy atom. The van der Waals surface area contributed by atoms with Crippen molar-refractivity contribution in [1.82, 2.24) is 4.90 Å². The minimum atomic E-state index is 0.0566. The van der Waals surface area contributed by atoms with Gasteiger partial charge in [-0.2, -0.15) is 0 Å². The van der Waals surface area contributed by atoms with E-state index in [4.69, 9.17) is 4.42 Å². The van der Waals surface area contributed by atoms with Crippen LogP contribution in [0.15, 0.2) is 22.8 Å². The summed E-state index contributed by atoms with van der Waals surface area (Å²) in [5.41, 5.74) is 0. The van der Waals surface area contributed by atoms with Crippen molar-refractivity contribution in [3.8, 4) is 0 Å². The molecule has 4 heteroatoms. The standard InChI is InChI=1S/C11H15NO2S/c1-8(2)10(13)12-5-7-15-11(12)9-4-3-6-14-9/h3-4,6,8,11H,5,7H2,1-2H3. The molecule has 1 aliphatic rings. The molecule has 1 aliphatic heterocycles. The molecular formula is C11H15NO2S. The molecule has 0 saturated carbocycles. The van der Waals surface area contributed by atoms with E-state index >= 15 is 0 Å². The molecule has 0 N–H and O–H groups in total. The Hall–Kier alpha value is -0.900. The molecule has 0 radical (unpaired) electrons. The zero-order valence-electron chi connectivity index (χ0n) is 8.97. The van der Waals surface area contributed by atoms with Crippen LogP contribution in [0.4, 0.5) is 0 Å². The van der Waals surface area contributed by atoms with Crippen LogP contribution < -0.4 is 0 Å². The first-order chi connectivity index (χ1) is 7.20. The van der Waals surface area contributed by atoms with Gasteiger partial charge < -0.3 is 9.32 Å². The van der Waals surface area contributed by atoms with E-state index in [1.807, 2.05) is 30.9 Å². The molecule has 1 saturated heterocycles. The molecule has 1 aromatic rings. The fraction of sp³-hybridized carbons (Fsp3) is 0.545. The maximum Gasteiger partial charge on any atom is 0.226 e. The molecule has 0 aromatic carbocycles. The summed E-state index contributed by atoms with van der Waals surface area (Å²) in [6.45, 7) is 4.70. The molecule has 3 nitrogen and oxygen atoms in total. The number of carbonyl (C=O) groups excluding carboxylic acids is 1. The van der Waals surface area contributed by atoms with Gasteiger partial charge in [-0.05, 0) is 12.1 Å². The zero-order valence-corrected chi connectivity index (χ0v) is 9.79. The maximum atomic E-state index is 11.9. The second-order valence-electron chi connectivity index (χ2n) is 3.92. The van der Waals surface area contributed by atoms with Gasteiger partial charge in [0.25, 0.3) is 0 Å². The van der Waals surface area contributed by atoms with Crippen LogP contribution in [0.1, 0.15) is 25.0 Å². The average molecular weight is 225 g/mol. The van der Waals surface area contributed by atoms with E-state index in [0.717, 1.165) is 18.1 Å². The first-order valence-corrected chi connectivity index (χ1v) is 6.20. The van der Waals surface area contributed by atoms with Gasteiger partial charge in [-0.15, -0.1) is 11.8 Å². The maximum absolute atomic E-state index is 11.9. The number of thioether (sulfide) groups is 1. The molecular weight excluding hydrogens is 210 g/mol. The molecule has 2 heterocycles. The van der Waals surface area contributed by atoms with E-state index in [2.05, 4.69) is 0 Å². The Balaban J connectivity index is 2.15. The predicted octanol–water partition coefficient (Wildman–Crippen LogP) is 2.51. The minimum Gasteiger partial charge on any atom is -0.466 e. The summed E-state index contributed by atoms with van der Waals surface area (Å²) in [5, 5.41) is 0.0786. The molecule has 15 heavy (non-hydrogen) atoms. The summed E-state index contributed by atoms with van der Waals surface area (Å²) in [6.07, 6.45) is 1.66. The minimum absolute atomic E-state index is 0.0566. The van der Waals surface area contributed by atoms with Crippen molar-refractivity contribution < 1.29 is 9.21 Å². The van der Waals surface area contributed by atoms with Gasteiger partial charge in [0.15, 0.2) is 0 Å². The lowest BCUT2D eigenvalue weighted by Gasteiger charge is -2.23.